The molecule has 33 heteroatoms. The number of hydrogen-bond acceptors (Lipinski definition) is 21. The molecule has 0 saturated carbocycles. The van der Waals surface area contributed by atoms with Crippen molar-refractivity contribution in [3.05, 3.63) is 319 Å². The van der Waals surface area contributed by atoms with Crippen LogP contribution in [0.1, 0.15) is 206 Å². The molecule has 0 unspecified atom stereocenters. The summed E-state index contributed by atoms with van der Waals surface area (Å²) in [7, 11) is -2.30. The fraction of sp³-hybridized carbons (Fsp3) is 0.344. The summed E-state index contributed by atoms with van der Waals surface area (Å²) in [5, 5.41) is 36.8. The molecule has 8 N–H and O–H groups in total. The molecule has 4 aliphatic rings. The monoisotopic (exact) mass is 2400 g/mol. The second kappa shape index (κ2) is 55.7. The van der Waals surface area contributed by atoms with Crippen molar-refractivity contribution in [3.8, 4) is 23.0 Å². The molecule has 12 bridgehead atoms. The van der Waals surface area contributed by atoms with E-state index in [4.69, 9.17) is 77.0 Å². The molecule has 9 aromatic carbocycles. The van der Waals surface area contributed by atoms with Crippen LogP contribution in [0.4, 0.5) is 0 Å². The molecule has 0 radical (unpaired) electrons. The predicted octanol–water partition coefficient (Wildman–Crippen LogP) is 21.2. The summed E-state index contributed by atoms with van der Waals surface area (Å²) >= 11 is 13.2. The van der Waals surface area contributed by atoms with Gasteiger partial charge in [-0.3, -0.25) is 40.0 Å². The van der Waals surface area contributed by atoms with Gasteiger partial charge in [0.15, 0.2) is 0 Å². The maximum absolute atomic E-state index is 12.0. The summed E-state index contributed by atoms with van der Waals surface area (Å²) < 4.78 is 71.3. The Morgan fingerprint density at radius 2 is 0.566 bits per heavy atom. The minimum atomic E-state index is -1.94. The van der Waals surface area contributed by atoms with E-state index < -0.39 is 40.3 Å². The quantitative estimate of drug-likeness (QED) is 0.00899. The van der Waals surface area contributed by atoms with Crippen LogP contribution < -0.4 is 40.2 Å². The first-order valence-corrected chi connectivity index (χ1v) is 50.9. The zero-order valence-electron chi connectivity index (χ0n) is 74.6. The van der Waals surface area contributed by atoms with Crippen LogP contribution in [-0.2, 0) is 170 Å². The smallest absolute Gasteiger partial charge is 0.543 e. The van der Waals surface area contributed by atoms with Crippen LogP contribution in [-0.4, -0.2) is 98.4 Å². The first-order chi connectivity index (χ1) is 60.4. The fourth-order valence-electron chi connectivity index (χ4n) is 12.5. The Balaban J connectivity index is 0.000000306. The minimum absolute atomic E-state index is 0. The Morgan fingerprint density at radius 3 is 0.783 bits per heavy atom. The number of hydrogen-bond donors (Lipinski definition) is 8. The van der Waals surface area contributed by atoms with E-state index in [0.29, 0.717) is 114 Å². The molecule has 129 heavy (non-hydrogen) atoms. The number of methoxy groups -OCH3 is 1. The summed E-state index contributed by atoms with van der Waals surface area (Å²) in [6.45, 7) is 43.1. The van der Waals surface area contributed by atoms with Gasteiger partial charge in [0.1, 0.15) is 23.0 Å². The second-order valence-electron chi connectivity index (χ2n) is 33.2. The van der Waals surface area contributed by atoms with Gasteiger partial charge in [0.25, 0.3) is 11.8 Å². The largest absolute Gasteiger partial charge is 2.00 e. The van der Waals surface area contributed by atoms with Crippen molar-refractivity contribution in [2.24, 2.45) is 0 Å². The molecular weight excluding hydrogens is 2290 g/mol. The zero-order valence-corrected chi connectivity index (χ0v) is 88.8. The van der Waals surface area contributed by atoms with Gasteiger partial charge in [-0.25, -0.2) is 26.7 Å². The number of carbonyl (C=O) groups is 5. The van der Waals surface area contributed by atoms with E-state index in [1.165, 1.54) is 31.1 Å². The average Bonchev–Trinajstić information content (AvgIpc) is 1.26. The number of nitrogens with one attached hydrogen (secondary N) is 4. The van der Waals surface area contributed by atoms with E-state index >= 15 is 0 Å². The molecule has 4 heterocycles. The third-order valence-corrected chi connectivity index (χ3v) is 30.4. The Bertz CT molecular complexity index is 4730. The van der Waals surface area contributed by atoms with E-state index in [0.717, 1.165) is 106 Å². The topological polar surface area (TPSA) is 325 Å². The van der Waals surface area contributed by atoms with Gasteiger partial charge in [-0.15, -0.1) is 0 Å². The van der Waals surface area contributed by atoms with Crippen molar-refractivity contribution >= 4 is 110 Å². The van der Waals surface area contributed by atoms with Crippen LogP contribution in [0, 0.1) is 27.7 Å². The number of hydroxylamine groups is 4. The van der Waals surface area contributed by atoms with Crippen molar-refractivity contribution in [3.63, 3.8) is 0 Å². The summed E-state index contributed by atoms with van der Waals surface area (Å²) in [6, 6.07) is 50.1. The molecule has 4 amide bonds. The van der Waals surface area contributed by atoms with E-state index in [-0.39, 0.29) is 91.4 Å². The van der Waals surface area contributed by atoms with Crippen LogP contribution >= 0.6 is 63.7 Å². The molecule has 1 fully saturated rings. The third-order valence-electron chi connectivity index (χ3n) is 20.4. The number of amides is 4. The van der Waals surface area contributed by atoms with E-state index in [1.807, 2.05) is 66.7 Å². The molecule has 4 aliphatic heterocycles. The van der Waals surface area contributed by atoms with Crippen LogP contribution in [0.15, 0.2) is 164 Å². The van der Waals surface area contributed by atoms with Crippen LogP contribution in [0.3, 0.4) is 0 Å². The minimum Gasteiger partial charge on any atom is -0.543 e. The fourth-order valence-corrected chi connectivity index (χ4v) is 15.2. The predicted molar refractivity (Wildman–Crippen MR) is 505 cm³/mol. The number of ether oxygens (including phenoxy) is 10. The maximum Gasteiger partial charge on any atom is 2.00 e. The number of rotatable bonds is 15. The average molecular weight is 2410 g/mol. The first-order valence-electron chi connectivity index (χ1n) is 40.6. The Hall–Kier alpha value is -7.70. The Kier molecular flexibility index (Phi) is 48.3. The number of esters is 1. The molecule has 694 valence electrons. The molecule has 0 spiro atoms. The third kappa shape index (κ3) is 38.4. The van der Waals surface area contributed by atoms with Crippen molar-refractivity contribution in [1.29, 1.82) is 0 Å². The standard InChI is InChI=1S/C35H34N2O10.C24H32O5Si.C14H22Br2OSi.2C9H9NO2.C4H8O.CH2Br2.2W/c38-34(36-40)30-5-22-1-23(6-30)14-43-18-27-3-26(17-42-13-22)9-32(10-27)46-21-47-33-11-28-4-29(12-33)20-45-16-25-2-24(15-44-19-28)7-31(8-25)35(39)37-41;1-24(2,3)30(5,6)29-22-11-19-8-20(12-22)16-28-14-18-7-17(13-27-15-19)9-21(10-18)23(25)26-4;1-14(2,3)18(4,5)17-13-7-11(9-15)6-12(8-13)10-16;2*1-6-3-7(2)5-8(4-6)9(11)10-12;1-2-4-5-3-1;2-1-3;;/h1-12,40-41H,13-21H2,(H,36,38)(H,37,39);7-12H,13-16H2,1-6H3;6-8H,9-10H2,1-5H3;2*3-5,12H,1-2H2,(H,10,11);1-4H2;1H2;;/q;;;2*-2;;;2*+2. The van der Waals surface area contributed by atoms with Crippen LogP contribution in [0.2, 0.25) is 36.3 Å². The SMILES string of the molecule is BrCBr.C1CCOC1.CC(C)(C)[Si](C)(C)Oc1cc(CBr)cc(CBr)c1.COC(=O)c1cc2cc(c1)COCc1cc(cc(O[Si](C)(C)C(C)(C)C)c1)COC2.O=C(NO)c1cc2cc(c1)COCc1cc(cc(OCOc3cc4cc(c3)COCc3cc(cc(C(=O)NO)c3)COC4)c1)COC2.[CH2-]c1cc([CH2-])cc(C(=O)NO)c1.[CH2-]c1cc([CH2-])cc(C(=O)NO)c1.[W+2].[W+2]. The van der Waals surface area contributed by atoms with Crippen molar-refractivity contribution < 1.29 is 143 Å². The van der Waals surface area contributed by atoms with E-state index in [1.54, 1.807) is 82.6 Å². The van der Waals surface area contributed by atoms with Gasteiger partial charge in [0.05, 0.1) is 96.2 Å². The molecule has 1 saturated heterocycles. The van der Waals surface area contributed by atoms with E-state index in [9.17, 15) is 24.0 Å². The molecule has 0 atom stereocenters. The molecular formula is C96H116Br4N4O21Si2W2. The van der Waals surface area contributed by atoms with E-state index in [2.05, 4.69) is 196 Å². The number of carbonyl (C=O) groups excluding carboxylic acids is 5. The van der Waals surface area contributed by atoms with Gasteiger partial charge in [0, 0.05) is 35.0 Å². The Morgan fingerprint density at radius 1 is 0.341 bits per heavy atom. The number of benzene rings is 9. The van der Waals surface area contributed by atoms with Gasteiger partial charge in [0.2, 0.25) is 35.2 Å². The van der Waals surface area contributed by atoms with Crippen molar-refractivity contribution in [2.75, 3.05) is 31.4 Å². The summed E-state index contributed by atoms with van der Waals surface area (Å²) in [5.41, 5.74) is 24.3. The molecule has 0 aliphatic carbocycles. The number of halogens is 4. The van der Waals surface area contributed by atoms with Gasteiger partial charge in [-0.2, -0.15) is 86.3 Å². The second-order valence-corrected chi connectivity index (χ2v) is 46.4. The summed E-state index contributed by atoms with van der Waals surface area (Å²) in [6.07, 6.45) is 2.56. The molecule has 9 aromatic rings. The number of alkyl halides is 4. The molecule has 0 aromatic heterocycles. The molecule has 13 rings (SSSR count). The first kappa shape index (κ1) is 112. The van der Waals surface area contributed by atoms with Gasteiger partial charge >= 0.3 is 48.1 Å². The van der Waals surface area contributed by atoms with Gasteiger partial charge < -0.3 is 56.2 Å². The van der Waals surface area contributed by atoms with Crippen molar-refractivity contribution in [1.82, 2.24) is 21.9 Å². The normalized spacial score (nSPS) is 13.4. The zero-order chi connectivity index (χ0) is 93.0. The Labute approximate surface area is 822 Å². The summed E-state index contributed by atoms with van der Waals surface area (Å²) in [4.78, 5) is 57.7. The van der Waals surface area contributed by atoms with Crippen LogP contribution in [0.5, 0.6) is 23.0 Å². The number of fused-ring (bicyclic) bond motifs is 12. The molecule has 25 nitrogen and oxygen atoms in total. The van der Waals surface area contributed by atoms with Gasteiger partial charge in [-0.1, -0.05) is 159 Å². The van der Waals surface area contributed by atoms with Gasteiger partial charge in [-0.05, 0) is 212 Å². The van der Waals surface area contributed by atoms with Crippen LogP contribution in [0.25, 0.3) is 0 Å². The van der Waals surface area contributed by atoms with Crippen molar-refractivity contribution in [2.45, 2.75) is 181 Å². The maximum atomic E-state index is 12.0. The summed E-state index contributed by atoms with van der Waals surface area (Å²) in [5.74, 6) is 0.435.